The van der Waals surface area contributed by atoms with Gasteiger partial charge in [-0.2, -0.15) is 0 Å². The second-order valence-corrected chi connectivity index (χ2v) is 4.33. The van der Waals surface area contributed by atoms with E-state index in [2.05, 4.69) is 0 Å². The van der Waals surface area contributed by atoms with E-state index in [4.69, 9.17) is 4.74 Å². The molecule has 3 heteroatoms. The van der Waals surface area contributed by atoms with E-state index in [1.54, 1.807) is 12.1 Å². The molecule has 1 fully saturated rings. The summed E-state index contributed by atoms with van der Waals surface area (Å²) in [6.45, 7) is 2.70. The zero-order valence-electron chi connectivity index (χ0n) is 9.28. The minimum absolute atomic E-state index is 0.0941. The predicted octanol–water partition coefficient (Wildman–Crippen LogP) is 2.36. The molecule has 2 nitrogen and oxygen atoms in total. The monoisotopic (exact) mass is 222 g/mol. The number of ether oxygens (including phenoxy) is 1. The molecule has 1 saturated heterocycles. The summed E-state index contributed by atoms with van der Waals surface area (Å²) in [4.78, 5) is 11.9. The number of hydrogen-bond donors (Lipinski definition) is 0. The molecule has 16 heavy (non-hydrogen) atoms. The molecule has 1 aliphatic rings. The summed E-state index contributed by atoms with van der Waals surface area (Å²) in [6, 6.07) is 6.04. The van der Waals surface area contributed by atoms with Crippen molar-refractivity contribution in [3.8, 4) is 0 Å². The van der Waals surface area contributed by atoms with Crippen LogP contribution in [0.25, 0.3) is 0 Å². The minimum Gasteiger partial charge on any atom is -0.370 e. The number of ketones is 1. The molecule has 2 atom stereocenters. The highest BCUT2D eigenvalue weighted by Gasteiger charge is 2.30. The van der Waals surface area contributed by atoms with Crippen molar-refractivity contribution in [1.29, 1.82) is 0 Å². The Balaban J connectivity index is 1.99. The summed E-state index contributed by atoms with van der Waals surface area (Å²) in [5.41, 5.74) is 0.842. The van der Waals surface area contributed by atoms with Gasteiger partial charge in [0.1, 0.15) is 11.9 Å². The second kappa shape index (κ2) is 4.74. The second-order valence-electron chi connectivity index (χ2n) is 4.33. The van der Waals surface area contributed by atoms with Crippen LogP contribution in [0.3, 0.4) is 0 Å². The van der Waals surface area contributed by atoms with Gasteiger partial charge in [-0.25, -0.2) is 4.39 Å². The van der Waals surface area contributed by atoms with Crippen LogP contribution in [0.1, 0.15) is 18.9 Å². The summed E-state index contributed by atoms with van der Waals surface area (Å²) < 4.78 is 18.1. The number of rotatable bonds is 3. The van der Waals surface area contributed by atoms with E-state index < -0.39 is 0 Å². The van der Waals surface area contributed by atoms with Crippen molar-refractivity contribution in [1.82, 2.24) is 0 Å². The van der Waals surface area contributed by atoms with Crippen molar-refractivity contribution in [3.05, 3.63) is 35.6 Å². The Morgan fingerprint density at radius 3 is 2.69 bits per heavy atom. The fraction of sp³-hybridized carbons (Fsp3) is 0.462. The number of halogens is 1. The first kappa shape index (κ1) is 11.3. The van der Waals surface area contributed by atoms with Crippen LogP contribution in [0.2, 0.25) is 0 Å². The SMILES string of the molecule is CC1CCOC1C(=O)Cc1ccc(F)cc1. The van der Waals surface area contributed by atoms with Gasteiger partial charge in [0.15, 0.2) is 5.78 Å². The molecule has 1 aromatic rings. The molecule has 2 unspecified atom stereocenters. The summed E-state index contributed by atoms with van der Waals surface area (Å²) in [6.07, 6.45) is 1.000. The number of benzene rings is 1. The third-order valence-corrected chi connectivity index (χ3v) is 3.00. The maximum atomic E-state index is 12.7. The van der Waals surface area contributed by atoms with E-state index in [0.717, 1.165) is 12.0 Å². The number of carbonyl (C=O) groups excluding carboxylic acids is 1. The maximum absolute atomic E-state index is 12.7. The van der Waals surface area contributed by atoms with Gasteiger partial charge in [-0.05, 0) is 30.0 Å². The van der Waals surface area contributed by atoms with E-state index in [1.807, 2.05) is 6.92 Å². The molecule has 0 amide bonds. The van der Waals surface area contributed by atoms with Gasteiger partial charge >= 0.3 is 0 Å². The van der Waals surface area contributed by atoms with Gasteiger partial charge in [-0.3, -0.25) is 4.79 Å². The average Bonchev–Trinajstić information content (AvgIpc) is 2.68. The van der Waals surface area contributed by atoms with Crippen LogP contribution in [0, 0.1) is 11.7 Å². The van der Waals surface area contributed by atoms with Crippen LogP contribution in [0.4, 0.5) is 4.39 Å². The van der Waals surface area contributed by atoms with Gasteiger partial charge in [0, 0.05) is 13.0 Å². The van der Waals surface area contributed by atoms with E-state index in [-0.39, 0.29) is 17.7 Å². The van der Waals surface area contributed by atoms with Crippen LogP contribution in [-0.2, 0) is 16.0 Å². The molecule has 0 bridgehead atoms. The normalized spacial score (nSPS) is 24.6. The van der Waals surface area contributed by atoms with Gasteiger partial charge in [-0.1, -0.05) is 19.1 Å². The molecule has 0 saturated carbocycles. The number of carbonyl (C=O) groups is 1. The van der Waals surface area contributed by atoms with Gasteiger partial charge < -0.3 is 4.74 Å². The fourth-order valence-electron chi connectivity index (χ4n) is 2.01. The largest absolute Gasteiger partial charge is 0.370 e. The fourth-order valence-corrected chi connectivity index (χ4v) is 2.01. The Labute approximate surface area is 94.4 Å². The molecule has 0 aliphatic carbocycles. The first-order valence-electron chi connectivity index (χ1n) is 5.55. The standard InChI is InChI=1S/C13H15FO2/c1-9-6-7-16-13(9)12(15)8-10-2-4-11(14)5-3-10/h2-5,9,13H,6-8H2,1H3. The average molecular weight is 222 g/mol. The summed E-state index contributed by atoms with van der Waals surface area (Å²) in [7, 11) is 0. The number of Topliss-reactive ketones (excluding diaryl/α,β-unsaturated/α-hetero) is 1. The van der Waals surface area contributed by atoms with E-state index in [1.165, 1.54) is 12.1 Å². The third kappa shape index (κ3) is 2.47. The van der Waals surface area contributed by atoms with Crippen LogP contribution < -0.4 is 0 Å². The lowest BCUT2D eigenvalue weighted by Crippen LogP contribution is -2.26. The highest BCUT2D eigenvalue weighted by Crippen LogP contribution is 2.22. The minimum atomic E-state index is -0.276. The van der Waals surface area contributed by atoms with E-state index in [0.29, 0.717) is 18.9 Å². The molecule has 1 aliphatic heterocycles. The lowest BCUT2D eigenvalue weighted by molar-refractivity contribution is -0.128. The zero-order chi connectivity index (χ0) is 11.5. The predicted molar refractivity (Wildman–Crippen MR) is 58.6 cm³/mol. The van der Waals surface area contributed by atoms with Crippen LogP contribution in [0.5, 0.6) is 0 Å². The molecule has 2 rings (SSSR count). The molecule has 0 aromatic heterocycles. The lowest BCUT2D eigenvalue weighted by atomic mass is 9.96. The summed E-state index contributed by atoms with van der Waals surface area (Å²) >= 11 is 0. The zero-order valence-corrected chi connectivity index (χ0v) is 9.28. The van der Waals surface area contributed by atoms with Crippen molar-refractivity contribution < 1.29 is 13.9 Å². The Bertz CT molecular complexity index is 372. The van der Waals surface area contributed by atoms with Crippen molar-refractivity contribution in [3.63, 3.8) is 0 Å². The van der Waals surface area contributed by atoms with E-state index >= 15 is 0 Å². The van der Waals surface area contributed by atoms with Crippen molar-refractivity contribution in [2.75, 3.05) is 6.61 Å². The molecule has 0 N–H and O–H groups in total. The molecular weight excluding hydrogens is 207 g/mol. The Hall–Kier alpha value is -1.22. The maximum Gasteiger partial charge on any atom is 0.166 e. The first-order chi connectivity index (χ1) is 7.66. The summed E-state index contributed by atoms with van der Waals surface area (Å²) in [5, 5.41) is 0. The van der Waals surface area contributed by atoms with Gasteiger partial charge in [0.05, 0.1) is 0 Å². The Morgan fingerprint density at radius 1 is 1.44 bits per heavy atom. The molecule has 1 aromatic carbocycles. The van der Waals surface area contributed by atoms with Crippen LogP contribution in [-0.4, -0.2) is 18.5 Å². The first-order valence-corrected chi connectivity index (χ1v) is 5.55. The molecule has 86 valence electrons. The van der Waals surface area contributed by atoms with Crippen molar-refractivity contribution in [2.24, 2.45) is 5.92 Å². The third-order valence-electron chi connectivity index (χ3n) is 3.00. The molecule has 1 heterocycles. The topological polar surface area (TPSA) is 26.3 Å². The molecular formula is C13H15FO2. The van der Waals surface area contributed by atoms with Gasteiger partial charge in [-0.15, -0.1) is 0 Å². The van der Waals surface area contributed by atoms with Crippen molar-refractivity contribution in [2.45, 2.75) is 25.9 Å². The van der Waals surface area contributed by atoms with Crippen LogP contribution in [0.15, 0.2) is 24.3 Å². The smallest absolute Gasteiger partial charge is 0.166 e. The summed E-state index contributed by atoms with van der Waals surface area (Å²) in [5.74, 6) is 0.117. The quantitative estimate of drug-likeness (QED) is 0.784. The molecule has 0 spiro atoms. The van der Waals surface area contributed by atoms with Crippen molar-refractivity contribution >= 4 is 5.78 Å². The van der Waals surface area contributed by atoms with E-state index in [9.17, 15) is 9.18 Å². The van der Waals surface area contributed by atoms with Gasteiger partial charge in [0.25, 0.3) is 0 Å². The number of hydrogen-bond acceptors (Lipinski definition) is 2. The highest BCUT2D eigenvalue weighted by molar-refractivity contribution is 5.85. The van der Waals surface area contributed by atoms with Gasteiger partial charge in [0.2, 0.25) is 0 Å². The van der Waals surface area contributed by atoms with Crippen LogP contribution >= 0.6 is 0 Å². The highest BCUT2D eigenvalue weighted by atomic mass is 19.1. The molecule has 0 radical (unpaired) electrons. The Morgan fingerprint density at radius 2 is 2.12 bits per heavy atom. The Kier molecular flexibility index (Phi) is 3.34. The lowest BCUT2D eigenvalue weighted by Gasteiger charge is -2.12.